The van der Waals surface area contributed by atoms with Gasteiger partial charge in [-0.05, 0) is 13.3 Å². The maximum Gasteiger partial charge on any atom is 0.161 e. The second-order valence-electron chi connectivity index (χ2n) is 3.30. The van der Waals surface area contributed by atoms with Gasteiger partial charge in [0.1, 0.15) is 0 Å². The average molecular weight is 213 g/mol. The Morgan fingerprint density at radius 1 is 1.53 bits per heavy atom. The zero-order chi connectivity index (χ0) is 11.3. The van der Waals surface area contributed by atoms with Crippen molar-refractivity contribution in [2.24, 2.45) is 5.73 Å². The van der Waals surface area contributed by atoms with E-state index < -0.39 is 0 Å². The Kier molecular flexibility index (Phi) is 4.58. The van der Waals surface area contributed by atoms with E-state index in [0.717, 1.165) is 24.4 Å². The molecule has 0 aliphatic rings. The molecule has 0 spiro atoms. The van der Waals surface area contributed by atoms with E-state index in [1.165, 1.54) is 0 Å². The van der Waals surface area contributed by atoms with Gasteiger partial charge in [-0.3, -0.25) is 4.68 Å². The molecule has 1 atom stereocenters. The second kappa shape index (κ2) is 5.72. The van der Waals surface area contributed by atoms with Crippen LogP contribution in [0.3, 0.4) is 0 Å². The van der Waals surface area contributed by atoms with Crippen LogP contribution >= 0.6 is 0 Å². The van der Waals surface area contributed by atoms with Crippen LogP contribution in [-0.4, -0.2) is 30.6 Å². The monoisotopic (exact) mass is 213 g/mol. The first-order chi connectivity index (χ1) is 7.24. The predicted octanol–water partition coefficient (Wildman–Crippen LogP) is 0.948. The van der Waals surface area contributed by atoms with E-state index in [0.29, 0.717) is 6.61 Å². The van der Waals surface area contributed by atoms with E-state index >= 15 is 0 Å². The van der Waals surface area contributed by atoms with Gasteiger partial charge in [0.2, 0.25) is 0 Å². The molecule has 1 unspecified atom stereocenters. The number of nitrogens with two attached hydrogens (primary N) is 1. The van der Waals surface area contributed by atoms with E-state index in [9.17, 15) is 0 Å². The van der Waals surface area contributed by atoms with Crippen LogP contribution in [0.25, 0.3) is 0 Å². The molecule has 1 rings (SSSR count). The highest BCUT2D eigenvalue weighted by Gasteiger charge is 2.17. The van der Waals surface area contributed by atoms with Crippen LogP contribution in [0.4, 0.5) is 0 Å². The van der Waals surface area contributed by atoms with E-state index in [2.05, 4.69) is 5.10 Å². The van der Waals surface area contributed by atoms with E-state index in [1.807, 2.05) is 11.6 Å². The normalized spacial score (nSPS) is 12.8. The van der Waals surface area contributed by atoms with Gasteiger partial charge in [0, 0.05) is 20.3 Å². The quantitative estimate of drug-likeness (QED) is 0.764. The van der Waals surface area contributed by atoms with Crippen molar-refractivity contribution in [3.63, 3.8) is 0 Å². The van der Waals surface area contributed by atoms with E-state index in [1.54, 1.807) is 20.4 Å². The molecule has 0 radical (unpaired) electrons. The fourth-order valence-corrected chi connectivity index (χ4v) is 1.54. The van der Waals surface area contributed by atoms with Crippen LogP contribution in [-0.2, 0) is 11.3 Å². The Labute approximate surface area is 90.2 Å². The summed E-state index contributed by atoms with van der Waals surface area (Å²) in [7, 11) is 3.30. The lowest BCUT2D eigenvalue weighted by molar-refractivity contribution is 0.186. The Hall–Kier alpha value is -1.07. The molecule has 5 nitrogen and oxygen atoms in total. The number of hydrogen-bond donors (Lipinski definition) is 1. The third-order valence-corrected chi connectivity index (χ3v) is 2.35. The Morgan fingerprint density at radius 2 is 2.27 bits per heavy atom. The molecular weight excluding hydrogens is 194 g/mol. The molecule has 0 aromatic carbocycles. The van der Waals surface area contributed by atoms with Gasteiger partial charge in [0.25, 0.3) is 0 Å². The number of ether oxygens (including phenoxy) is 2. The average Bonchev–Trinajstić information content (AvgIpc) is 2.68. The van der Waals surface area contributed by atoms with Gasteiger partial charge >= 0.3 is 0 Å². The van der Waals surface area contributed by atoms with Gasteiger partial charge in [-0.1, -0.05) is 0 Å². The Bertz CT molecular complexity index is 277. The molecule has 1 heterocycles. The summed E-state index contributed by atoms with van der Waals surface area (Å²) in [6.45, 7) is 3.46. The SMILES string of the molecule is CCn1ncc(OC)c1C(N)CCOC. The molecule has 0 fully saturated rings. The first-order valence-electron chi connectivity index (χ1n) is 5.08. The number of aryl methyl sites for hydroxylation is 1. The topological polar surface area (TPSA) is 62.3 Å². The molecule has 86 valence electrons. The van der Waals surface area contributed by atoms with Crippen LogP contribution in [0, 0.1) is 0 Å². The van der Waals surface area contributed by atoms with Crippen molar-refractivity contribution in [2.75, 3.05) is 20.8 Å². The fourth-order valence-electron chi connectivity index (χ4n) is 1.54. The van der Waals surface area contributed by atoms with Crippen molar-refractivity contribution in [3.8, 4) is 5.75 Å². The van der Waals surface area contributed by atoms with Crippen LogP contribution < -0.4 is 10.5 Å². The Balaban J connectivity index is 2.83. The van der Waals surface area contributed by atoms with Crippen LogP contribution in [0.5, 0.6) is 5.75 Å². The van der Waals surface area contributed by atoms with Gasteiger partial charge in [-0.15, -0.1) is 0 Å². The van der Waals surface area contributed by atoms with Crippen molar-refractivity contribution >= 4 is 0 Å². The third kappa shape index (κ3) is 2.70. The predicted molar refractivity (Wildman–Crippen MR) is 57.9 cm³/mol. The van der Waals surface area contributed by atoms with Crippen molar-refractivity contribution in [2.45, 2.75) is 25.9 Å². The summed E-state index contributed by atoms with van der Waals surface area (Å²) in [4.78, 5) is 0. The lowest BCUT2D eigenvalue weighted by Crippen LogP contribution is -2.18. The van der Waals surface area contributed by atoms with Crippen LogP contribution in [0.15, 0.2) is 6.20 Å². The maximum atomic E-state index is 6.06. The molecule has 0 aliphatic heterocycles. The first-order valence-corrected chi connectivity index (χ1v) is 5.08. The lowest BCUT2D eigenvalue weighted by Gasteiger charge is -2.14. The van der Waals surface area contributed by atoms with Gasteiger partial charge < -0.3 is 15.2 Å². The molecule has 0 amide bonds. The summed E-state index contributed by atoms with van der Waals surface area (Å²) in [6.07, 6.45) is 2.46. The summed E-state index contributed by atoms with van der Waals surface area (Å²) in [5, 5.41) is 4.21. The van der Waals surface area contributed by atoms with Crippen molar-refractivity contribution < 1.29 is 9.47 Å². The summed E-state index contributed by atoms with van der Waals surface area (Å²) >= 11 is 0. The number of aromatic nitrogens is 2. The maximum absolute atomic E-state index is 6.06. The van der Waals surface area contributed by atoms with Gasteiger partial charge in [-0.25, -0.2) is 0 Å². The van der Waals surface area contributed by atoms with Gasteiger partial charge in [0.05, 0.1) is 25.0 Å². The lowest BCUT2D eigenvalue weighted by atomic mass is 10.1. The zero-order valence-electron chi connectivity index (χ0n) is 9.56. The summed E-state index contributed by atoms with van der Waals surface area (Å²) in [5.74, 6) is 0.750. The first kappa shape index (κ1) is 12.0. The minimum absolute atomic E-state index is 0.0950. The summed E-state index contributed by atoms with van der Waals surface area (Å²) in [6, 6.07) is -0.0950. The molecule has 0 bridgehead atoms. The molecular formula is C10H19N3O2. The number of hydrogen-bond acceptors (Lipinski definition) is 4. The number of methoxy groups -OCH3 is 2. The van der Waals surface area contributed by atoms with E-state index in [4.69, 9.17) is 15.2 Å². The highest BCUT2D eigenvalue weighted by atomic mass is 16.5. The van der Waals surface area contributed by atoms with Crippen LogP contribution in [0.1, 0.15) is 25.1 Å². The number of rotatable bonds is 6. The molecule has 1 aromatic rings. The van der Waals surface area contributed by atoms with Gasteiger partial charge in [0.15, 0.2) is 5.75 Å². The molecule has 5 heteroatoms. The van der Waals surface area contributed by atoms with Crippen molar-refractivity contribution in [1.29, 1.82) is 0 Å². The minimum atomic E-state index is -0.0950. The largest absolute Gasteiger partial charge is 0.493 e. The second-order valence-corrected chi connectivity index (χ2v) is 3.30. The fraction of sp³-hybridized carbons (Fsp3) is 0.700. The van der Waals surface area contributed by atoms with E-state index in [-0.39, 0.29) is 6.04 Å². The van der Waals surface area contributed by atoms with Gasteiger partial charge in [-0.2, -0.15) is 5.10 Å². The molecule has 2 N–H and O–H groups in total. The highest BCUT2D eigenvalue weighted by Crippen LogP contribution is 2.25. The smallest absolute Gasteiger partial charge is 0.161 e. The molecule has 0 saturated carbocycles. The zero-order valence-corrected chi connectivity index (χ0v) is 9.56. The molecule has 1 aromatic heterocycles. The third-order valence-electron chi connectivity index (χ3n) is 2.35. The highest BCUT2D eigenvalue weighted by molar-refractivity contribution is 5.28. The Morgan fingerprint density at radius 3 is 2.80 bits per heavy atom. The number of nitrogens with zero attached hydrogens (tertiary/aromatic N) is 2. The minimum Gasteiger partial charge on any atom is -0.493 e. The molecule has 0 saturated heterocycles. The summed E-state index contributed by atoms with van der Waals surface area (Å²) < 4.78 is 12.1. The molecule has 15 heavy (non-hydrogen) atoms. The standard InChI is InChI=1S/C10H19N3O2/c1-4-13-10(8(11)5-6-14-2)9(15-3)7-12-13/h7-8H,4-6,11H2,1-3H3. The summed E-state index contributed by atoms with van der Waals surface area (Å²) in [5.41, 5.74) is 7.00. The molecule has 0 aliphatic carbocycles. The van der Waals surface area contributed by atoms with Crippen LogP contribution in [0.2, 0.25) is 0 Å². The van der Waals surface area contributed by atoms with Crippen molar-refractivity contribution in [3.05, 3.63) is 11.9 Å². The van der Waals surface area contributed by atoms with Crippen molar-refractivity contribution in [1.82, 2.24) is 9.78 Å².